The molecule has 0 aliphatic heterocycles. The summed E-state index contributed by atoms with van der Waals surface area (Å²) in [5.41, 5.74) is 1.21. The van der Waals surface area contributed by atoms with Gasteiger partial charge in [-0.2, -0.15) is 0 Å². The first-order chi connectivity index (χ1) is 7.69. The molecule has 1 rings (SSSR count). The number of rotatable bonds is 6. The molecule has 1 unspecified atom stereocenters. The predicted molar refractivity (Wildman–Crippen MR) is 77.1 cm³/mol. The van der Waals surface area contributed by atoms with Crippen LogP contribution in [-0.4, -0.2) is 19.8 Å². The van der Waals surface area contributed by atoms with Gasteiger partial charge in [0.05, 0.1) is 12.6 Å². The van der Waals surface area contributed by atoms with Crippen LogP contribution in [0.15, 0.2) is 18.2 Å². The van der Waals surface area contributed by atoms with Gasteiger partial charge in [0.2, 0.25) is 0 Å². The maximum absolute atomic E-state index is 6.02. The van der Waals surface area contributed by atoms with Crippen molar-refractivity contribution >= 4 is 34.2 Å². The van der Waals surface area contributed by atoms with Crippen LogP contribution in [0.3, 0.4) is 0 Å². The lowest BCUT2D eigenvalue weighted by Crippen LogP contribution is -2.26. The summed E-state index contributed by atoms with van der Waals surface area (Å²) in [5.74, 6) is 0. The summed E-state index contributed by atoms with van der Waals surface area (Å²) >= 11 is 8.35. The van der Waals surface area contributed by atoms with E-state index >= 15 is 0 Å². The molecular weight excluding hydrogens is 336 g/mol. The summed E-state index contributed by atoms with van der Waals surface area (Å²) in [6, 6.07) is 6.18. The van der Waals surface area contributed by atoms with E-state index in [9.17, 15) is 0 Å². The third-order valence-corrected chi connectivity index (χ3v) is 3.49. The zero-order chi connectivity index (χ0) is 12.0. The van der Waals surface area contributed by atoms with Crippen LogP contribution in [0.2, 0.25) is 5.02 Å². The highest BCUT2D eigenvalue weighted by Crippen LogP contribution is 2.24. The van der Waals surface area contributed by atoms with Crippen molar-refractivity contribution < 1.29 is 4.74 Å². The van der Waals surface area contributed by atoms with Gasteiger partial charge in [-0.3, -0.25) is 0 Å². The molecule has 0 radical (unpaired) electrons. The van der Waals surface area contributed by atoms with Crippen molar-refractivity contribution in [2.45, 2.75) is 19.9 Å². The number of halogens is 2. The predicted octanol–water partition coefficient (Wildman–Crippen LogP) is 3.63. The quantitative estimate of drug-likeness (QED) is 0.789. The fraction of sp³-hybridized carbons (Fsp3) is 0.500. The van der Waals surface area contributed by atoms with E-state index in [1.165, 1.54) is 9.13 Å². The van der Waals surface area contributed by atoms with Crippen LogP contribution in [0.4, 0.5) is 0 Å². The fourth-order valence-corrected chi connectivity index (χ4v) is 2.41. The summed E-state index contributed by atoms with van der Waals surface area (Å²) in [5, 5.41) is 4.19. The van der Waals surface area contributed by atoms with E-state index in [1.54, 1.807) is 0 Å². The Morgan fingerprint density at radius 3 is 2.81 bits per heavy atom. The van der Waals surface area contributed by atoms with E-state index in [4.69, 9.17) is 16.3 Å². The second-order valence-electron chi connectivity index (χ2n) is 3.44. The molecule has 1 N–H and O–H groups in total. The molecule has 0 spiro atoms. The number of benzene rings is 1. The number of likely N-dealkylation sites (N-methyl/N-ethyl adjacent to an activating group) is 1. The lowest BCUT2D eigenvalue weighted by Gasteiger charge is -2.19. The molecule has 0 saturated carbocycles. The van der Waals surface area contributed by atoms with Crippen LogP contribution >= 0.6 is 34.2 Å². The Bertz CT molecular complexity index is 333. The molecule has 1 atom stereocenters. The van der Waals surface area contributed by atoms with Crippen LogP contribution in [-0.2, 0) is 4.74 Å². The average molecular weight is 354 g/mol. The molecule has 0 aromatic heterocycles. The fourth-order valence-electron chi connectivity index (χ4n) is 1.52. The van der Waals surface area contributed by atoms with E-state index in [1.807, 2.05) is 25.1 Å². The van der Waals surface area contributed by atoms with Gasteiger partial charge in [-0.1, -0.05) is 18.5 Å². The van der Waals surface area contributed by atoms with E-state index < -0.39 is 0 Å². The van der Waals surface area contributed by atoms with E-state index in [0.29, 0.717) is 6.61 Å². The largest absolute Gasteiger partial charge is 0.380 e. The Morgan fingerprint density at radius 1 is 1.44 bits per heavy atom. The summed E-state index contributed by atoms with van der Waals surface area (Å²) in [6.45, 7) is 6.43. The van der Waals surface area contributed by atoms with Gasteiger partial charge in [-0.25, -0.2) is 0 Å². The van der Waals surface area contributed by atoms with Crippen molar-refractivity contribution in [1.82, 2.24) is 5.32 Å². The molecule has 0 fully saturated rings. The highest BCUT2D eigenvalue weighted by molar-refractivity contribution is 14.1. The van der Waals surface area contributed by atoms with Crippen LogP contribution < -0.4 is 5.32 Å². The lowest BCUT2D eigenvalue weighted by atomic mass is 10.1. The minimum atomic E-state index is 0.218. The normalized spacial score (nSPS) is 12.8. The molecule has 0 aliphatic rings. The topological polar surface area (TPSA) is 21.3 Å². The van der Waals surface area contributed by atoms with Gasteiger partial charge in [-0.15, -0.1) is 0 Å². The number of hydrogen-bond acceptors (Lipinski definition) is 2. The maximum atomic E-state index is 6.02. The Hall–Kier alpha value is 0.160. The molecule has 4 heteroatoms. The summed E-state index contributed by atoms with van der Waals surface area (Å²) in [4.78, 5) is 0. The van der Waals surface area contributed by atoms with Crippen LogP contribution in [0.5, 0.6) is 0 Å². The van der Waals surface area contributed by atoms with Crippen molar-refractivity contribution in [2.75, 3.05) is 19.8 Å². The lowest BCUT2D eigenvalue weighted by molar-refractivity contribution is 0.123. The van der Waals surface area contributed by atoms with E-state index in [0.717, 1.165) is 18.2 Å². The number of hydrogen-bond donors (Lipinski definition) is 1. The first kappa shape index (κ1) is 14.2. The number of ether oxygens (including phenoxy) is 1. The molecule has 0 bridgehead atoms. The minimum Gasteiger partial charge on any atom is -0.380 e. The molecule has 2 nitrogen and oxygen atoms in total. The van der Waals surface area contributed by atoms with Crippen LogP contribution in [0.25, 0.3) is 0 Å². The minimum absolute atomic E-state index is 0.218. The van der Waals surface area contributed by atoms with Gasteiger partial charge in [0, 0.05) is 15.2 Å². The molecular formula is C12H17ClINO. The second-order valence-corrected chi connectivity index (χ2v) is 5.03. The van der Waals surface area contributed by atoms with E-state index in [2.05, 4.69) is 34.8 Å². The molecule has 0 amide bonds. The molecule has 0 aliphatic carbocycles. The monoisotopic (exact) mass is 353 g/mol. The van der Waals surface area contributed by atoms with Gasteiger partial charge in [0.1, 0.15) is 0 Å². The molecule has 0 saturated heterocycles. The zero-order valence-electron chi connectivity index (χ0n) is 9.59. The highest BCUT2D eigenvalue weighted by Gasteiger charge is 2.13. The molecule has 0 heterocycles. The molecule has 16 heavy (non-hydrogen) atoms. The molecule has 90 valence electrons. The SMILES string of the molecule is CCNC(COCC)c1cc(Cl)ccc1I. The van der Waals surface area contributed by atoms with Gasteiger partial charge in [0.15, 0.2) is 0 Å². The molecule has 1 aromatic rings. The zero-order valence-corrected chi connectivity index (χ0v) is 12.5. The van der Waals surface area contributed by atoms with Crippen molar-refractivity contribution in [3.05, 3.63) is 32.4 Å². The van der Waals surface area contributed by atoms with Crippen LogP contribution in [0.1, 0.15) is 25.5 Å². The summed E-state index contributed by atoms with van der Waals surface area (Å²) in [6.07, 6.45) is 0. The smallest absolute Gasteiger partial charge is 0.0661 e. The Labute approximate surface area is 116 Å². The van der Waals surface area contributed by atoms with Crippen LogP contribution in [0, 0.1) is 3.57 Å². The highest BCUT2D eigenvalue weighted by atomic mass is 127. The number of nitrogens with one attached hydrogen (secondary N) is 1. The van der Waals surface area contributed by atoms with Gasteiger partial charge >= 0.3 is 0 Å². The van der Waals surface area contributed by atoms with Gasteiger partial charge < -0.3 is 10.1 Å². The summed E-state index contributed by atoms with van der Waals surface area (Å²) in [7, 11) is 0. The van der Waals surface area contributed by atoms with Gasteiger partial charge in [0.25, 0.3) is 0 Å². The Morgan fingerprint density at radius 2 is 2.19 bits per heavy atom. The third-order valence-electron chi connectivity index (χ3n) is 2.27. The van der Waals surface area contributed by atoms with Crippen molar-refractivity contribution in [2.24, 2.45) is 0 Å². The first-order valence-electron chi connectivity index (χ1n) is 5.45. The second kappa shape index (κ2) is 7.48. The van der Waals surface area contributed by atoms with Crippen molar-refractivity contribution in [1.29, 1.82) is 0 Å². The molecule has 1 aromatic carbocycles. The maximum Gasteiger partial charge on any atom is 0.0661 e. The van der Waals surface area contributed by atoms with Crippen molar-refractivity contribution in [3.8, 4) is 0 Å². The van der Waals surface area contributed by atoms with E-state index in [-0.39, 0.29) is 6.04 Å². The third kappa shape index (κ3) is 4.20. The first-order valence-corrected chi connectivity index (χ1v) is 6.90. The Balaban J connectivity index is 2.85. The summed E-state index contributed by atoms with van der Waals surface area (Å²) < 4.78 is 6.70. The van der Waals surface area contributed by atoms with Gasteiger partial charge in [-0.05, 0) is 59.8 Å². The standard InChI is InChI=1S/C12H17ClINO/c1-3-15-12(8-16-4-2)10-7-9(13)5-6-11(10)14/h5-7,12,15H,3-4,8H2,1-2H3. The average Bonchev–Trinajstić information content (AvgIpc) is 2.28. The Kier molecular flexibility index (Phi) is 6.65. The van der Waals surface area contributed by atoms with Crippen molar-refractivity contribution in [3.63, 3.8) is 0 Å².